The molecule has 49 heavy (non-hydrogen) atoms. The number of aliphatic hydroxyl groups is 1. The molecule has 2 aromatic carbocycles. The number of benzene rings is 2. The lowest BCUT2D eigenvalue weighted by Gasteiger charge is -2.38. The molecular weight excluding hydrogens is 637 g/mol. The molecule has 5 rings (SSSR count). The Bertz CT molecular complexity index is 1680. The maximum Gasteiger partial charge on any atom is 0.262 e. The average molecular weight is 685 g/mol. The number of ether oxygens (including phenoxy) is 1. The fourth-order valence-electron chi connectivity index (χ4n) is 5.16. The summed E-state index contributed by atoms with van der Waals surface area (Å²) in [5, 5.41) is 9.97. The summed E-state index contributed by atoms with van der Waals surface area (Å²) >= 11 is 1.44. The second kappa shape index (κ2) is 16.3. The largest absolute Gasteiger partial charge is 0.494 e. The van der Waals surface area contributed by atoms with E-state index in [-0.39, 0.29) is 28.6 Å². The first kappa shape index (κ1) is 37.4. The topological polar surface area (TPSA) is 122 Å². The molecule has 1 aliphatic rings. The number of aldehydes is 1. The standard InChI is InChI=1S/C38H44N4O4S.CH4O/c1-37(2,3)17-18-46-30-13-11-27(12-14-30)29-20-39-34(40-21-29)28-9-7-25(8-10-28)19-31(36(45)42-22-26(23-42)24-43)41-35(44)32-15-16-33(47-32)38(4,5)6;1-2/h7-16,20-21,24,26,31H,17-19,22-23H2,1-6H3,(H,41,44);2H,1H3. The number of hydrogen-bond acceptors (Lipinski definition) is 8. The minimum atomic E-state index is -0.757. The summed E-state index contributed by atoms with van der Waals surface area (Å²) in [6.45, 7) is 14.4. The van der Waals surface area contributed by atoms with E-state index >= 15 is 0 Å². The Labute approximate surface area is 293 Å². The van der Waals surface area contributed by atoms with E-state index in [9.17, 15) is 14.4 Å². The van der Waals surface area contributed by atoms with Gasteiger partial charge in [-0.25, -0.2) is 9.97 Å². The van der Waals surface area contributed by atoms with E-state index in [1.54, 1.807) is 4.90 Å². The van der Waals surface area contributed by atoms with Crippen LogP contribution in [0.15, 0.2) is 73.1 Å². The van der Waals surface area contributed by atoms with Crippen LogP contribution in [0.2, 0.25) is 0 Å². The molecule has 260 valence electrons. The Hall–Kier alpha value is -4.41. The van der Waals surface area contributed by atoms with Crippen molar-refractivity contribution in [2.75, 3.05) is 26.8 Å². The SMILES string of the molecule is CC(C)(C)CCOc1ccc(-c2cnc(-c3ccc(CC(NC(=O)c4ccc(C(C)(C)C)s4)C(=O)N4CC(C=O)C4)cc3)nc2)cc1.CO. The summed E-state index contributed by atoms with van der Waals surface area (Å²) in [5.41, 5.74) is 3.82. The van der Waals surface area contributed by atoms with Crippen molar-refractivity contribution >= 4 is 29.4 Å². The summed E-state index contributed by atoms with van der Waals surface area (Å²) in [5.74, 6) is 0.830. The van der Waals surface area contributed by atoms with Gasteiger partial charge in [0.15, 0.2) is 5.82 Å². The number of thiophene rings is 1. The highest BCUT2D eigenvalue weighted by Crippen LogP contribution is 2.30. The second-order valence-corrected chi connectivity index (χ2v) is 15.5. The van der Waals surface area contributed by atoms with Gasteiger partial charge in [0.2, 0.25) is 5.91 Å². The lowest BCUT2D eigenvalue weighted by atomic mass is 9.93. The van der Waals surface area contributed by atoms with Gasteiger partial charge in [0.1, 0.15) is 18.1 Å². The van der Waals surface area contributed by atoms with E-state index in [1.807, 2.05) is 73.1 Å². The van der Waals surface area contributed by atoms with Gasteiger partial charge in [0.05, 0.1) is 11.5 Å². The number of nitrogens with zero attached hydrogens (tertiary/aromatic N) is 3. The highest BCUT2D eigenvalue weighted by molar-refractivity contribution is 7.14. The summed E-state index contributed by atoms with van der Waals surface area (Å²) in [4.78, 5) is 50.3. The number of rotatable bonds is 11. The number of amides is 2. The molecule has 2 amide bonds. The number of carbonyl (C=O) groups is 3. The van der Waals surface area contributed by atoms with Crippen LogP contribution in [-0.4, -0.2) is 70.9 Å². The lowest BCUT2D eigenvalue weighted by molar-refractivity contribution is -0.141. The van der Waals surface area contributed by atoms with Crippen LogP contribution in [0.4, 0.5) is 0 Å². The smallest absolute Gasteiger partial charge is 0.262 e. The second-order valence-electron chi connectivity index (χ2n) is 14.5. The zero-order valence-electron chi connectivity index (χ0n) is 29.5. The maximum absolute atomic E-state index is 13.4. The van der Waals surface area contributed by atoms with Crippen molar-refractivity contribution < 1.29 is 24.2 Å². The quantitative estimate of drug-likeness (QED) is 0.171. The van der Waals surface area contributed by atoms with Gasteiger partial charge in [0, 0.05) is 60.9 Å². The Morgan fingerprint density at radius 1 is 0.918 bits per heavy atom. The minimum Gasteiger partial charge on any atom is -0.494 e. The van der Waals surface area contributed by atoms with Crippen molar-refractivity contribution in [1.29, 1.82) is 0 Å². The van der Waals surface area contributed by atoms with Crippen molar-refractivity contribution in [1.82, 2.24) is 20.2 Å². The van der Waals surface area contributed by atoms with Crippen molar-refractivity contribution in [3.63, 3.8) is 0 Å². The molecule has 2 N–H and O–H groups in total. The Morgan fingerprint density at radius 3 is 2.08 bits per heavy atom. The molecule has 2 aromatic heterocycles. The van der Waals surface area contributed by atoms with Gasteiger partial charge in [-0.3, -0.25) is 9.59 Å². The van der Waals surface area contributed by atoms with Gasteiger partial charge in [-0.15, -0.1) is 11.3 Å². The molecule has 10 heteroatoms. The molecule has 1 atom stereocenters. The monoisotopic (exact) mass is 684 g/mol. The van der Waals surface area contributed by atoms with Gasteiger partial charge >= 0.3 is 0 Å². The normalized spacial score (nSPS) is 13.8. The molecular formula is C39H48N4O5S. The molecule has 0 radical (unpaired) electrons. The third-order valence-electron chi connectivity index (χ3n) is 8.20. The first-order valence-corrected chi connectivity index (χ1v) is 17.4. The van der Waals surface area contributed by atoms with Crippen LogP contribution in [0, 0.1) is 11.3 Å². The zero-order chi connectivity index (χ0) is 35.8. The molecule has 1 fully saturated rings. The third-order valence-corrected chi connectivity index (χ3v) is 9.71. The molecule has 1 saturated heterocycles. The summed E-state index contributed by atoms with van der Waals surface area (Å²) in [6.07, 6.45) is 5.80. The van der Waals surface area contributed by atoms with Crippen LogP contribution in [0.1, 0.15) is 68.1 Å². The molecule has 3 heterocycles. The van der Waals surface area contributed by atoms with Crippen LogP contribution >= 0.6 is 11.3 Å². The van der Waals surface area contributed by atoms with E-state index in [0.717, 1.165) is 52.7 Å². The van der Waals surface area contributed by atoms with E-state index in [2.05, 4.69) is 56.8 Å². The molecule has 0 aliphatic carbocycles. The Kier molecular flexibility index (Phi) is 12.5. The molecule has 0 spiro atoms. The molecule has 1 aliphatic heterocycles. The lowest BCUT2D eigenvalue weighted by Crippen LogP contribution is -2.57. The van der Waals surface area contributed by atoms with Crippen LogP contribution < -0.4 is 10.1 Å². The number of aromatic nitrogens is 2. The maximum atomic E-state index is 13.4. The van der Waals surface area contributed by atoms with Crippen LogP contribution in [0.5, 0.6) is 5.75 Å². The van der Waals surface area contributed by atoms with Crippen LogP contribution in [0.3, 0.4) is 0 Å². The number of likely N-dealkylation sites (tertiary alicyclic amines) is 1. The summed E-state index contributed by atoms with van der Waals surface area (Å²) < 4.78 is 5.89. The van der Waals surface area contributed by atoms with E-state index in [0.29, 0.717) is 36.8 Å². The molecule has 4 aromatic rings. The summed E-state index contributed by atoms with van der Waals surface area (Å²) in [7, 11) is 1.00. The first-order valence-electron chi connectivity index (χ1n) is 16.5. The third kappa shape index (κ3) is 10.3. The van der Waals surface area contributed by atoms with Crippen molar-refractivity contribution in [2.45, 2.75) is 65.8 Å². The van der Waals surface area contributed by atoms with Gasteiger partial charge in [-0.05, 0) is 52.6 Å². The van der Waals surface area contributed by atoms with Gasteiger partial charge in [0.25, 0.3) is 5.91 Å². The van der Waals surface area contributed by atoms with Crippen molar-refractivity contribution in [3.05, 3.63) is 88.4 Å². The average Bonchev–Trinajstić information content (AvgIpc) is 3.57. The number of carbonyl (C=O) groups excluding carboxylic acids is 3. The van der Waals surface area contributed by atoms with E-state index < -0.39 is 6.04 Å². The zero-order valence-corrected chi connectivity index (χ0v) is 30.3. The molecule has 9 nitrogen and oxygen atoms in total. The Balaban J connectivity index is 0.00000265. The van der Waals surface area contributed by atoms with Gasteiger partial charge in [-0.1, -0.05) is 77.9 Å². The number of nitrogens with one attached hydrogen (secondary N) is 1. The predicted octanol–water partition coefficient (Wildman–Crippen LogP) is 6.59. The fourth-order valence-corrected chi connectivity index (χ4v) is 6.13. The Morgan fingerprint density at radius 2 is 1.53 bits per heavy atom. The van der Waals surface area contributed by atoms with Gasteiger partial charge < -0.3 is 24.9 Å². The fraction of sp³-hybridized carbons (Fsp3) is 0.410. The van der Waals surface area contributed by atoms with E-state index in [1.165, 1.54) is 11.3 Å². The first-order chi connectivity index (χ1) is 23.3. The molecule has 0 saturated carbocycles. The highest BCUT2D eigenvalue weighted by atomic mass is 32.1. The number of aliphatic hydroxyl groups excluding tert-OH is 1. The number of hydrogen-bond donors (Lipinski definition) is 2. The molecule has 1 unspecified atom stereocenters. The predicted molar refractivity (Wildman–Crippen MR) is 195 cm³/mol. The van der Waals surface area contributed by atoms with Crippen LogP contribution in [0.25, 0.3) is 22.5 Å². The van der Waals surface area contributed by atoms with Crippen molar-refractivity contribution in [2.24, 2.45) is 11.3 Å². The van der Waals surface area contributed by atoms with Crippen molar-refractivity contribution in [3.8, 4) is 28.3 Å². The highest BCUT2D eigenvalue weighted by Gasteiger charge is 2.35. The van der Waals surface area contributed by atoms with E-state index in [4.69, 9.17) is 9.84 Å². The van der Waals surface area contributed by atoms with Gasteiger partial charge in [-0.2, -0.15) is 0 Å². The molecule has 0 bridgehead atoms. The summed E-state index contributed by atoms with van der Waals surface area (Å²) in [6, 6.07) is 18.7. The van der Waals surface area contributed by atoms with Crippen LogP contribution in [-0.2, 0) is 21.4 Å². The minimum absolute atomic E-state index is 0.0711.